The van der Waals surface area contributed by atoms with E-state index in [0.717, 1.165) is 29.6 Å². The minimum atomic E-state index is 0.637. The van der Waals surface area contributed by atoms with Gasteiger partial charge >= 0.3 is 0 Å². The van der Waals surface area contributed by atoms with Crippen LogP contribution in [0.2, 0.25) is 0 Å². The van der Waals surface area contributed by atoms with Crippen LogP contribution in [-0.4, -0.2) is 0 Å². The van der Waals surface area contributed by atoms with Crippen molar-refractivity contribution in [3.05, 3.63) is 0 Å². The van der Waals surface area contributed by atoms with E-state index in [1.165, 1.54) is 64.2 Å². The Kier molecular flexibility index (Phi) is 8.15. The molecule has 0 saturated heterocycles. The summed E-state index contributed by atoms with van der Waals surface area (Å²) >= 11 is 0. The molecule has 0 bridgehead atoms. The first-order valence-electron chi connectivity index (χ1n) is 11.6. The summed E-state index contributed by atoms with van der Waals surface area (Å²) in [5.74, 6) is 5.11. The second-order valence-corrected chi connectivity index (χ2v) is 9.76. The fourth-order valence-corrected chi connectivity index (χ4v) is 6.33. The highest BCUT2D eigenvalue weighted by atomic mass is 14.5. The second-order valence-electron chi connectivity index (χ2n) is 9.76. The topological polar surface area (TPSA) is 0 Å². The molecule has 0 heteroatoms. The van der Waals surface area contributed by atoms with E-state index in [9.17, 15) is 0 Å². The molecule has 2 aliphatic carbocycles. The van der Waals surface area contributed by atoms with Crippen LogP contribution < -0.4 is 0 Å². The van der Waals surface area contributed by atoms with Gasteiger partial charge in [0.05, 0.1) is 0 Å². The summed E-state index contributed by atoms with van der Waals surface area (Å²) in [5.41, 5.74) is 0.637. The standard InChI is InChI=1S/C24H46/c1-6-12-23-22(15-11-18-24(23,5)8-3)21-14-10-9-13-20(21)17-16-19(4)7-2/h19-23H,6-18H2,1-5H3/t19-,20?,21?,22?,23?,24?/m0/s1. The van der Waals surface area contributed by atoms with Gasteiger partial charge in [-0.2, -0.15) is 0 Å². The van der Waals surface area contributed by atoms with Gasteiger partial charge in [-0.05, 0) is 67.1 Å². The van der Waals surface area contributed by atoms with Crippen molar-refractivity contribution in [2.75, 3.05) is 0 Å². The van der Waals surface area contributed by atoms with E-state index in [-0.39, 0.29) is 0 Å². The van der Waals surface area contributed by atoms with Gasteiger partial charge in [-0.15, -0.1) is 0 Å². The molecule has 0 radical (unpaired) electrons. The first-order chi connectivity index (χ1) is 11.6. The van der Waals surface area contributed by atoms with Gasteiger partial charge < -0.3 is 0 Å². The molecule has 2 rings (SSSR count). The molecule has 5 unspecified atom stereocenters. The third-order valence-electron chi connectivity index (χ3n) is 8.35. The SMILES string of the molecule is CCCC1C(C2CCCCC2CC[C@@H](C)CC)CCCC1(C)CC. The third-order valence-corrected chi connectivity index (χ3v) is 8.35. The van der Waals surface area contributed by atoms with E-state index in [2.05, 4.69) is 34.6 Å². The molecule has 0 aromatic carbocycles. The van der Waals surface area contributed by atoms with Crippen molar-refractivity contribution in [2.45, 2.75) is 118 Å². The van der Waals surface area contributed by atoms with Gasteiger partial charge in [0.15, 0.2) is 0 Å². The summed E-state index contributed by atoms with van der Waals surface area (Å²) in [6, 6.07) is 0. The van der Waals surface area contributed by atoms with Crippen molar-refractivity contribution in [1.29, 1.82) is 0 Å². The molecule has 0 aliphatic heterocycles. The molecule has 0 amide bonds. The number of hydrogen-bond donors (Lipinski definition) is 0. The van der Waals surface area contributed by atoms with Crippen molar-refractivity contribution in [2.24, 2.45) is 35.0 Å². The van der Waals surface area contributed by atoms with Crippen LogP contribution >= 0.6 is 0 Å². The van der Waals surface area contributed by atoms with Gasteiger partial charge in [-0.25, -0.2) is 0 Å². The molecule has 2 aliphatic rings. The predicted molar refractivity (Wildman–Crippen MR) is 108 cm³/mol. The first-order valence-corrected chi connectivity index (χ1v) is 11.6. The van der Waals surface area contributed by atoms with Crippen molar-refractivity contribution in [1.82, 2.24) is 0 Å². The smallest absolute Gasteiger partial charge is 0.0297 e. The Morgan fingerprint density at radius 1 is 0.917 bits per heavy atom. The highest BCUT2D eigenvalue weighted by Crippen LogP contribution is 2.54. The predicted octanol–water partition coefficient (Wildman–Crippen LogP) is 8.25. The van der Waals surface area contributed by atoms with Crippen molar-refractivity contribution in [3.8, 4) is 0 Å². The van der Waals surface area contributed by atoms with E-state index in [0.29, 0.717) is 5.41 Å². The zero-order chi connectivity index (χ0) is 17.6. The molecule has 0 aromatic rings. The Balaban J connectivity index is 2.11. The maximum atomic E-state index is 2.64. The van der Waals surface area contributed by atoms with Gasteiger partial charge in [-0.3, -0.25) is 0 Å². The zero-order valence-electron chi connectivity index (χ0n) is 17.6. The van der Waals surface area contributed by atoms with Gasteiger partial charge in [-0.1, -0.05) is 86.0 Å². The largest absolute Gasteiger partial charge is 0.0654 e. The Morgan fingerprint density at radius 3 is 2.29 bits per heavy atom. The molecule has 24 heavy (non-hydrogen) atoms. The summed E-state index contributed by atoms with van der Waals surface area (Å²) in [6.07, 6.45) is 19.3. The van der Waals surface area contributed by atoms with E-state index in [4.69, 9.17) is 0 Å². The monoisotopic (exact) mass is 334 g/mol. The van der Waals surface area contributed by atoms with E-state index in [1.807, 2.05) is 0 Å². The van der Waals surface area contributed by atoms with Crippen molar-refractivity contribution >= 4 is 0 Å². The highest BCUT2D eigenvalue weighted by molar-refractivity contribution is 4.95. The first kappa shape index (κ1) is 20.3. The van der Waals surface area contributed by atoms with Crippen LogP contribution in [0.3, 0.4) is 0 Å². The third kappa shape index (κ3) is 4.79. The van der Waals surface area contributed by atoms with Crippen LogP contribution in [0.5, 0.6) is 0 Å². The second kappa shape index (κ2) is 9.63. The van der Waals surface area contributed by atoms with Gasteiger partial charge in [0.1, 0.15) is 0 Å². The quantitative estimate of drug-likeness (QED) is 0.419. The Morgan fingerprint density at radius 2 is 1.62 bits per heavy atom. The molecule has 0 spiro atoms. The molecule has 2 saturated carbocycles. The van der Waals surface area contributed by atoms with Crippen LogP contribution in [0.4, 0.5) is 0 Å². The fraction of sp³-hybridized carbons (Fsp3) is 1.00. The van der Waals surface area contributed by atoms with Crippen LogP contribution in [0, 0.1) is 35.0 Å². The van der Waals surface area contributed by atoms with E-state index in [1.54, 1.807) is 19.3 Å². The molecule has 2 fully saturated rings. The minimum Gasteiger partial charge on any atom is -0.0654 e. The lowest BCUT2D eigenvalue weighted by Gasteiger charge is -2.51. The zero-order valence-corrected chi connectivity index (χ0v) is 17.6. The Labute approximate surface area is 153 Å². The average molecular weight is 335 g/mol. The summed E-state index contributed by atoms with van der Waals surface area (Å²) < 4.78 is 0. The molecule has 6 atom stereocenters. The lowest BCUT2D eigenvalue weighted by molar-refractivity contribution is -0.0145. The molecule has 0 nitrogen and oxygen atoms in total. The maximum absolute atomic E-state index is 2.64. The minimum absolute atomic E-state index is 0.637. The summed E-state index contributed by atoms with van der Waals surface area (Å²) in [7, 11) is 0. The summed E-state index contributed by atoms with van der Waals surface area (Å²) in [6.45, 7) is 12.4. The average Bonchev–Trinajstić information content (AvgIpc) is 2.62. The number of rotatable bonds is 8. The Bertz CT molecular complexity index is 346. The van der Waals surface area contributed by atoms with Crippen LogP contribution in [-0.2, 0) is 0 Å². The Hall–Kier alpha value is 0. The fourth-order valence-electron chi connectivity index (χ4n) is 6.33. The molecular formula is C24H46. The van der Waals surface area contributed by atoms with Crippen molar-refractivity contribution < 1.29 is 0 Å². The highest BCUT2D eigenvalue weighted by Gasteiger charge is 2.45. The lowest BCUT2D eigenvalue weighted by Crippen LogP contribution is -2.42. The van der Waals surface area contributed by atoms with Gasteiger partial charge in [0, 0.05) is 0 Å². The molecule has 142 valence electrons. The van der Waals surface area contributed by atoms with Gasteiger partial charge in [0.25, 0.3) is 0 Å². The normalized spacial score (nSPS) is 38.9. The summed E-state index contributed by atoms with van der Waals surface area (Å²) in [4.78, 5) is 0. The molecular weight excluding hydrogens is 288 g/mol. The van der Waals surface area contributed by atoms with Crippen molar-refractivity contribution in [3.63, 3.8) is 0 Å². The van der Waals surface area contributed by atoms with Crippen LogP contribution in [0.15, 0.2) is 0 Å². The molecule has 0 N–H and O–H groups in total. The van der Waals surface area contributed by atoms with E-state index >= 15 is 0 Å². The maximum Gasteiger partial charge on any atom is -0.0297 e. The molecule has 0 aromatic heterocycles. The summed E-state index contributed by atoms with van der Waals surface area (Å²) in [5, 5.41) is 0. The van der Waals surface area contributed by atoms with Crippen LogP contribution in [0.1, 0.15) is 118 Å². The van der Waals surface area contributed by atoms with Crippen LogP contribution in [0.25, 0.3) is 0 Å². The molecule has 0 heterocycles. The number of hydrogen-bond acceptors (Lipinski definition) is 0. The van der Waals surface area contributed by atoms with Gasteiger partial charge in [0.2, 0.25) is 0 Å². The lowest BCUT2D eigenvalue weighted by atomic mass is 9.54. The van der Waals surface area contributed by atoms with E-state index < -0.39 is 0 Å².